The Hall–Kier alpha value is -1.38. The lowest BCUT2D eigenvalue weighted by atomic mass is 9.96. The number of benzene rings is 1. The molecule has 0 aliphatic heterocycles. The largest absolute Gasteiger partial charge is 0.488 e. The number of para-hydroxylation sites is 1. The SMILES string of the molecule is OC(COc1ccccc1F)CSc1nnc(NC2CCCCC2)s1. The molecule has 2 aromatic rings. The van der Waals surface area contributed by atoms with Gasteiger partial charge in [-0.15, -0.1) is 10.2 Å². The Labute approximate surface area is 155 Å². The smallest absolute Gasteiger partial charge is 0.206 e. The van der Waals surface area contributed by atoms with Crippen LogP contribution in [0.25, 0.3) is 0 Å². The first-order chi connectivity index (χ1) is 12.2. The van der Waals surface area contributed by atoms with E-state index in [9.17, 15) is 9.50 Å². The van der Waals surface area contributed by atoms with Crippen molar-refractivity contribution in [2.45, 2.75) is 48.6 Å². The minimum absolute atomic E-state index is 0.0416. The van der Waals surface area contributed by atoms with Crippen LogP contribution in [0.4, 0.5) is 9.52 Å². The van der Waals surface area contributed by atoms with Gasteiger partial charge in [-0.3, -0.25) is 0 Å². The van der Waals surface area contributed by atoms with E-state index in [1.807, 2.05) is 0 Å². The van der Waals surface area contributed by atoms with Crippen molar-refractivity contribution in [2.24, 2.45) is 0 Å². The van der Waals surface area contributed by atoms with E-state index in [1.165, 1.54) is 61.3 Å². The number of ether oxygens (including phenoxy) is 1. The highest BCUT2D eigenvalue weighted by Gasteiger charge is 2.16. The number of thioether (sulfide) groups is 1. The van der Waals surface area contributed by atoms with E-state index < -0.39 is 11.9 Å². The predicted molar refractivity (Wildman–Crippen MR) is 99.0 cm³/mol. The second kappa shape index (κ2) is 9.35. The monoisotopic (exact) mass is 383 g/mol. The van der Waals surface area contributed by atoms with Gasteiger partial charge in [-0.2, -0.15) is 0 Å². The Kier molecular flexibility index (Phi) is 6.89. The Balaban J connectivity index is 1.40. The van der Waals surface area contributed by atoms with E-state index in [0.717, 1.165) is 9.47 Å². The average molecular weight is 384 g/mol. The molecule has 5 nitrogen and oxygen atoms in total. The van der Waals surface area contributed by atoms with Crippen LogP contribution in [0.2, 0.25) is 0 Å². The number of nitrogens with zero attached hydrogens (tertiary/aromatic N) is 2. The van der Waals surface area contributed by atoms with Crippen molar-refractivity contribution in [1.82, 2.24) is 10.2 Å². The summed E-state index contributed by atoms with van der Waals surface area (Å²) in [4.78, 5) is 0. The summed E-state index contributed by atoms with van der Waals surface area (Å²) in [7, 11) is 0. The molecule has 0 amide bonds. The molecule has 0 bridgehead atoms. The van der Waals surface area contributed by atoms with E-state index in [-0.39, 0.29) is 12.4 Å². The Bertz CT molecular complexity index is 665. The van der Waals surface area contributed by atoms with Crippen molar-refractivity contribution in [2.75, 3.05) is 17.7 Å². The van der Waals surface area contributed by atoms with Gasteiger partial charge < -0.3 is 15.2 Å². The molecule has 25 heavy (non-hydrogen) atoms. The number of hydrogen-bond donors (Lipinski definition) is 2. The number of rotatable bonds is 8. The number of aromatic nitrogens is 2. The van der Waals surface area contributed by atoms with Gasteiger partial charge in [0.25, 0.3) is 0 Å². The molecule has 0 saturated heterocycles. The lowest BCUT2D eigenvalue weighted by Gasteiger charge is -2.21. The zero-order chi connectivity index (χ0) is 17.5. The lowest BCUT2D eigenvalue weighted by molar-refractivity contribution is 0.123. The highest BCUT2D eigenvalue weighted by molar-refractivity contribution is 8.01. The molecule has 2 N–H and O–H groups in total. The normalized spacial score (nSPS) is 16.6. The highest BCUT2D eigenvalue weighted by atomic mass is 32.2. The molecule has 0 radical (unpaired) electrons. The van der Waals surface area contributed by atoms with Crippen LogP contribution in [-0.4, -0.2) is 39.8 Å². The van der Waals surface area contributed by atoms with Crippen LogP contribution in [0.3, 0.4) is 0 Å². The third-order valence-corrected chi connectivity index (χ3v) is 6.14. The van der Waals surface area contributed by atoms with Crippen LogP contribution in [-0.2, 0) is 0 Å². The molecule has 1 aliphatic carbocycles. The lowest BCUT2D eigenvalue weighted by Crippen LogP contribution is -2.21. The molecular weight excluding hydrogens is 361 g/mol. The van der Waals surface area contributed by atoms with Gasteiger partial charge in [0, 0.05) is 11.8 Å². The average Bonchev–Trinajstić information content (AvgIpc) is 3.07. The predicted octanol–water partition coefficient (Wildman–Crippen LogP) is 3.95. The number of halogens is 1. The Morgan fingerprint density at radius 3 is 2.88 bits per heavy atom. The molecule has 1 unspecified atom stereocenters. The van der Waals surface area contributed by atoms with E-state index in [1.54, 1.807) is 18.2 Å². The third-order valence-electron chi connectivity index (χ3n) is 4.01. The minimum Gasteiger partial charge on any atom is -0.488 e. The van der Waals surface area contributed by atoms with Gasteiger partial charge in [0.1, 0.15) is 6.61 Å². The highest BCUT2D eigenvalue weighted by Crippen LogP contribution is 2.28. The van der Waals surface area contributed by atoms with Crippen molar-refractivity contribution in [3.05, 3.63) is 30.1 Å². The van der Waals surface area contributed by atoms with E-state index >= 15 is 0 Å². The summed E-state index contributed by atoms with van der Waals surface area (Å²) in [5.74, 6) is 0.151. The number of aliphatic hydroxyl groups excluding tert-OH is 1. The summed E-state index contributed by atoms with van der Waals surface area (Å²) < 4.78 is 19.6. The number of hydrogen-bond acceptors (Lipinski definition) is 7. The molecule has 8 heteroatoms. The maximum atomic E-state index is 13.5. The second-order valence-electron chi connectivity index (χ2n) is 6.06. The zero-order valence-electron chi connectivity index (χ0n) is 13.9. The van der Waals surface area contributed by atoms with E-state index in [4.69, 9.17) is 4.74 Å². The van der Waals surface area contributed by atoms with Crippen LogP contribution < -0.4 is 10.1 Å². The number of anilines is 1. The molecule has 136 valence electrons. The van der Waals surface area contributed by atoms with E-state index in [0.29, 0.717) is 11.8 Å². The van der Waals surface area contributed by atoms with Crippen molar-refractivity contribution in [3.8, 4) is 5.75 Å². The van der Waals surface area contributed by atoms with Gasteiger partial charge in [0.2, 0.25) is 5.13 Å². The summed E-state index contributed by atoms with van der Waals surface area (Å²) in [6.07, 6.45) is 5.53. The van der Waals surface area contributed by atoms with Gasteiger partial charge in [-0.25, -0.2) is 4.39 Å². The summed E-state index contributed by atoms with van der Waals surface area (Å²) in [6, 6.07) is 6.67. The fraction of sp³-hybridized carbons (Fsp3) is 0.529. The van der Waals surface area contributed by atoms with Crippen LogP contribution in [0.5, 0.6) is 5.75 Å². The quantitative estimate of drug-likeness (QED) is 0.673. The number of nitrogens with one attached hydrogen (secondary N) is 1. The summed E-state index contributed by atoms with van der Waals surface area (Å²) >= 11 is 2.94. The minimum atomic E-state index is -0.705. The topological polar surface area (TPSA) is 67.3 Å². The summed E-state index contributed by atoms with van der Waals surface area (Å²) in [6.45, 7) is 0.0416. The zero-order valence-corrected chi connectivity index (χ0v) is 15.5. The van der Waals surface area contributed by atoms with Gasteiger partial charge in [-0.05, 0) is 25.0 Å². The molecule has 3 rings (SSSR count). The fourth-order valence-electron chi connectivity index (χ4n) is 2.71. The molecule has 1 fully saturated rings. The molecule has 1 aliphatic rings. The van der Waals surface area contributed by atoms with Gasteiger partial charge >= 0.3 is 0 Å². The van der Waals surface area contributed by atoms with Crippen LogP contribution in [0, 0.1) is 5.82 Å². The molecule has 1 aromatic carbocycles. The van der Waals surface area contributed by atoms with Crippen LogP contribution in [0.15, 0.2) is 28.6 Å². The van der Waals surface area contributed by atoms with Crippen molar-refractivity contribution >= 4 is 28.2 Å². The summed E-state index contributed by atoms with van der Waals surface area (Å²) in [5, 5.41) is 22.6. The second-order valence-corrected chi connectivity index (χ2v) is 8.30. The van der Waals surface area contributed by atoms with Crippen molar-refractivity contribution in [1.29, 1.82) is 0 Å². The molecule has 1 saturated carbocycles. The maximum Gasteiger partial charge on any atom is 0.206 e. The molecule has 1 heterocycles. The first kappa shape index (κ1) is 18.4. The Morgan fingerprint density at radius 1 is 1.28 bits per heavy atom. The van der Waals surface area contributed by atoms with Crippen LogP contribution in [0.1, 0.15) is 32.1 Å². The first-order valence-electron chi connectivity index (χ1n) is 8.49. The van der Waals surface area contributed by atoms with Gasteiger partial charge in [0.05, 0.1) is 6.10 Å². The molecule has 1 atom stereocenters. The first-order valence-corrected chi connectivity index (χ1v) is 10.3. The van der Waals surface area contributed by atoms with Crippen molar-refractivity contribution < 1.29 is 14.2 Å². The van der Waals surface area contributed by atoms with Gasteiger partial charge in [0.15, 0.2) is 15.9 Å². The van der Waals surface area contributed by atoms with Gasteiger partial charge in [-0.1, -0.05) is 54.5 Å². The van der Waals surface area contributed by atoms with E-state index in [2.05, 4.69) is 15.5 Å². The standard InChI is InChI=1S/C17H22FN3O2S2/c18-14-8-4-5-9-15(14)23-10-13(22)11-24-17-21-20-16(25-17)19-12-6-2-1-3-7-12/h4-5,8-9,12-13,22H,1-3,6-7,10-11H2,(H,19,20). The third kappa shape index (κ3) is 5.83. The Morgan fingerprint density at radius 2 is 2.08 bits per heavy atom. The van der Waals surface area contributed by atoms with Crippen LogP contribution >= 0.6 is 23.1 Å². The molecule has 0 spiro atoms. The fourth-order valence-corrected chi connectivity index (χ4v) is 4.47. The van der Waals surface area contributed by atoms with Crippen molar-refractivity contribution in [3.63, 3.8) is 0 Å². The summed E-state index contributed by atoms with van der Waals surface area (Å²) in [5.41, 5.74) is 0. The maximum absolute atomic E-state index is 13.5. The number of aliphatic hydroxyl groups is 1. The molecule has 1 aromatic heterocycles. The molecular formula is C17H22FN3O2S2.